The molecule has 0 saturated carbocycles. The number of fused-ring (bicyclic) bond motifs is 2. The van der Waals surface area contributed by atoms with E-state index in [4.69, 9.17) is 25.4 Å². The van der Waals surface area contributed by atoms with E-state index in [9.17, 15) is 4.79 Å². The van der Waals surface area contributed by atoms with Crippen LogP contribution in [0.5, 0.6) is 0 Å². The van der Waals surface area contributed by atoms with E-state index in [1.165, 1.54) is 0 Å². The Labute approximate surface area is 211 Å². The van der Waals surface area contributed by atoms with Crippen LogP contribution in [-0.4, -0.2) is 72.1 Å². The topological polar surface area (TPSA) is 122 Å². The fourth-order valence-corrected chi connectivity index (χ4v) is 6.07. The van der Waals surface area contributed by atoms with Crippen LogP contribution >= 0.6 is 0 Å². The maximum atomic E-state index is 12.1. The molecule has 10 nitrogen and oxygen atoms in total. The first-order chi connectivity index (χ1) is 17.4. The number of nitrogens with one attached hydrogen (secondary N) is 1. The number of hydrogen-bond donors (Lipinski definition) is 2. The quantitative estimate of drug-likeness (QED) is 0.654. The molecule has 0 bridgehead atoms. The second kappa shape index (κ2) is 8.77. The molecule has 3 N–H and O–H groups in total. The summed E-state index contributed by atoms with van der Waals surface area (Å²) in [5.74, 6) is 1.83. The van der Waals surface area contributed by atoms with Crippen LogP contribution in [0.3, 0.4) is 0 Å². The lowest BCUT2D eigenvalue weighted by Gasteiger charge is -2.41. The Morgan fingerprint density at radius 1 is 1.19 bits per heavy atom. The lowest BCUT2D eigenvalue weighted by molar-refractivity contribution is 0.0957. The van der Waals surface area contributed by atoms with E-state index in [0.717, 1.165) is 79.9 Å². The summed E-state index contributed by atoms with van der Waals surface area (Å²) in [7, 11) is 1.62. The standard InChI is InChI=1S/C26H34N8O2/c1-15-6-9-34(19-5-4-17(25(35)28-3)32-21(15)19)24-22-18(12-30-24)31-20(13-29-22)33-10-7-26(8-11-33)14-36-16(2)23(26)27/h4-5,13,15-16,23H,6-12,14,27H2,1-3H3,(H,28,35)/t15-,16-,23+/m0/s1. The zero-order valence-electron chi connectivity index (χ0n) is 21.2. The van der Waals surface area contributed by atoms with Crippen molar-refractivity contribution < 1.29 is 9.53 Å². The number of carbonyl (C=O) groups excluding carboxylic acids is 1. The molecule has 190 valence electrons. The van der Waals surface area contributed by atoms with Gasteiger partial charge >= 0.3 is 0 Å². The van der Waals surface area contributed by atoms with Gasteiger partial charge in [0.15, 0.2) is 5.84 Å². The molecule has 36 heavy (non-hydrogen) atoms. The van der Waals surface area contributed by atoms with Crippen molar-refractivity contribution in [3.8, 4) is 0 Å². The normalized spacial score (nSPS) is 26.6. The summed E-state index contributed by atoms with van der Waals surface area (Å²) in [5, 5.41) is 2.66. The van der Waals surface area contributed by atoms with Crippen LogP contribution in [0.15, 0.2) is 23.3 Å². The second-order valence-electron chi connectivity index (χ2n) is 10.6. The number of hydrogen-bond acceptors (Lipinski definition) is 9. The van der Waals surface area contributed by atoms with E-state index < -0.39 is 0 Å². The number of amides is 1. The molecule has 4 aliphatic rings. The zero-order chi connectivity index (χ0) is 25.0. The molecule has 10 heteroatoms. The number of amidine groups is 1. The lowest BCUT2D eigenvalue weighted by Crippen LogP contribution is -2.50. The fraction of sp³-hybridized carbons (Fsp3) is 0.577. The van der Waals surface area contributed by atoms with Crippen LogP contribution < -0.4 is 20.9 Å². The molecule has 6 rings (SSSR count). The Morgan fingerprint density at radius 2 is 2.00 bits per heavy atom. The number of rotatable bonds is 2. The van der Waals surface area contributed by atoms with Crippen molar-refractivity contribution in [2.75, 3.05) is 43.1 Å². The number of anilines is 2. The summed E-state index contributed by atoms with van der Waals surface area (Å²) in [6, 6.07) is 3.85. The van der Waals surface area contributed by atoms with Gasteiger partial charge < -0.3 is 25.6 Å². The van der Waals surface area contributed by atoms with Gasteiger partial charge in [-0.05, 0) is 38.3 Å². The van der Waals surface area contributed by atoms with Crippen LogP contribution in [0, 0.1) is 5.41 Å². The minimum atomic E-state index is -0.176. The zero-order valence-corrected chi connectivity index (χ0v) is 21.2. The van der Waals surface area contributed by atoms with Gasteiger partial charge in [-0.15, -0.1) is 0 Å². The minimum absolute atomic E-state index is 0.0842. The molecule has 2 aromatic heterocycles. The first kappa shape index (κ1) is 23.3. The molecule has 1 amide bonds. The predicted molar refractivity (Wildman–Crippen MR) is 138 cm³/mol. The number of aromatic nitrogens is 3. The summed E-state index contributed by atoms with van der Waals surface area (Å²) in [6.07, 6.45) is 4.95. The largest absolute Gasteiger partial charge is 0.376 e. The molecule has 4 aliphatic heterocycles. The van der Waals surface area contributed by atoms with Crippen molar-refractivity contribution in [1.29, 1.82) is 0 Å². The highest BCUT2D eigenvalue weighted by atomic mass is 16.5. The molecule has 0 aromatic carbocycles. The number of pyridine rings is 1. The van der Waals surface area contributed by atoms with Crippen molar-refractivity contribution in [3.05, 3.63) is 41.1 Å². The van der Waals surface area contributed by atoms with Crippen molar-refractivity contribution in [2.45, 2.75) is 57.7 Å². The van der Waals surface area contributed by atoms with Crippen LogP contribution in [0.4, 0.5) is 11.5 Å². The molecule has 6 heterocycles. The van der Waals surface area contributed by atoms with E-state index >= 15 is 0 Å². The van der Waals surface area contributed by atoms with Gasteiger partial charge in [-0.1, -0.05) is 6.92 Å². The Morgan fingerprint density at radius 3 is 2.72 bits per heavy atom. The van der Waals surface area contributed by atoms with Gasteiger partial charge in [-0.25, -0.2) is 15.0 Å². The van der Waals surface area contributed by atoms with Crippen molar-refractivity contribution in [2.24, 2.45) is 16.1 Å². The Kier molecular flexibility index (Phi) is 5.68. The molecule has 0 unspecified atom stereocenters. The monoisotopic (exact) mass is 490 g/mol. The Bertz CT molecular complexity index is 1220. The van der Waals surface area contributed by atoms with Crippen LogP contribution in [0.2, 0.25) is 0 Å². The van der Waals surface area contributed by atoms with E-state index in [2.05, 4.69) is 33.9 Å². The SMILES string of the molecule is CNC(=O)c1ccc2c(n1)[C@@H](C)CCN2C1=NCc2nc(N3CCC4(CC3)CO[C@@H](C)[C@H]4N)cnc21. The van der Waals surface area contributed by atoms with Gasteiger partial charge in [0.25, 0.3) is 5.91 Å². The summed E-state index contributed by atoms with van der Waals surface area (Å²) in [5.41, 5.74) is 10.7. The van der Waals surface area contributed by atoms with Gasteiger partial charge in [0.05, 0.1) is 42.5 Å². The first-order valence-corrected chi connectivity index (χ1v) is 12.9. The number of nitrogens with two attached hydrogens (primary N) is 1. The van der Waals surface area contributed by atoms with Crippen LogP contribution in [0.1, 0.15) is 66.6 Å². The highest BCUT2D eigenvalue weighted by Gasteiger charge is 2.47. The van der Waals surface area contributed by atoms with Crippen molar-refractivity contribution in [3.63, 3.8) is 0 Å². The molecular formula is C26H34N8O2. The number of carbonyl (C=O) groups is 1. The van der Waals surface area contributed by atoms with E-state index in [0.29, 0.717) is 12.2 Å². The van der Waals surface area contributed by atoms with Crippen molar-refractivity contribution >= 4 is 23.2 Å². The average Bonchev–Trinajstić information content (AvgIpc) is 3.45. The molecular weight excluding hydrogens is 456 g/mol. The Hall–Kier alpha value is -3.11. The highest BCUT2D eigenvalue weighted by Crippen LogP contribution is 2.42. The molecule has 0 aliphatic carbocycles. The smallest absolute Gasteiger partial charge is 0.269 e. The second-order valence-corrected chi connectivity index (χ2v) is 10.6. The molecule has 0 radical (unpaired) electrons. The van der Waals surface area contributed by atoms with E-state index in [-0.39, 0.29) is 29.4 Å². The molecule has 1 spiro atoms. The van der Waals surface area contributed by atoms with E-state index in [1.807, 2.05) is 12.3 Å². The summed E-state index contributed by atoms with van der Waals surface area (Å²) < 4.78 is 5.87. The molecule has 2 saturated heterocycles. The van der Waals surface area contributed by atoms with Crippen LogP contribution in [0.25, 0.3) is 0 Å². The molecule has 2 fully saturated rings. The van der Waals surface area contributed by atoms with Gasteiger partial charge in [0, 0.05) is 44.1 Å². The number of aliphatic imine (C=N–C) groups is 1. The third-order valence-corrected chi connectivity index (χ3v) is 8.51. The van der Waals surface area contributed by atoms with Gasteiger partial charge in [-0.3, -0.25) is 9.79 Å². The number of ether oxygens (including phenoxy) is 1. The summed E-state index contributed by atoms with van der Waals surface area (Å²) >= 11 is 0. The Balaban J connectivity index is 1.21. The number of piperidine rings is 1. The predicted octanol–water partition coefficient (Wildman–Crippen LogP) is 1.84. The summed E-state index contributed by atoms with van der Waals surface area (Å²) in [4.78, 5) is 36.0. The average molecular weight is 491 g/mol. The number of nitrogens with zero attached hydrogens (tertiary/aromatic N) is 6. The maximum Gasteiger partial charge on any atom is 0.269 e. The third-order valence-electron chi connectivity index (χ3n) is 8.51. The lowest BCUT2D eigenvalue weighted by atomic mass is 9.73. The first-order valence-electron chi connectivity index (χ1n) is 12.9. The van der Waals surface area contributed by atoms with Gasteiger partial charge in [-0.2, -0.15) is 0 Å². The maximum absolute atomic E-state index is 12.1. The third kappa shape index (κ3) is 3.66. The van der Waals surface area contributed by atoms with Gasteiger partial charge in [0.1, 0.15) is 17.2 Å². The molecule has 3 atom stereocenters. The fourth-order valence-electron chi connectivity index (χ4n) is 6.07. The van der Waals surface area contributed by atoms with Gasteiger partial charge in [0.2, 0.25) is 0 Å². The molecule has 2 aromatic rings. The highest BCUT2D eigenvalue weighted by molar-refractivity contribution is 6.11. The minimum Gasteiger partial charge on any atom is -0.376 e. The van der Waals surface area contributed by atoms with E-state index in [1.54, 1.807) is 13.1 Å². The van der Waals surface area contributed by atoms with Crippen LogP contribution in [-0.2, 0) is 11.3 Å². The summed E-state index contributed by atoms with van der Waals surface area (Å²) in [6.45, 7) is 8.14. The van der Waals surface area contributed by atoms with Crippen molar-refractivity contribution in [1.82, 2.24) is 20.3 Å².